The van der Waals surface area contributed by atoms with Crippen molar-refractivity contribution < 1.29 is 73.9 Å². The van der Waals surface area contributed by atoms with Crippen LogP contribution in [0.15, 0.2) is 18.2 Å². The first kappa shape index (κ1) is 15.2. The summed E-state index contributed by atoms with van der Waals surface area (Å²) in [4.78, 5) is 10.3. The smallest absolute Gasteiger partial charge is 0.497 e. The molecule has 15 heavy (non-hydrogen) atoms. The summed E-state index contributed by atoms with van der Waals surface area (Å²) < 4.78 is 41.8. The van der Waals surface area contributed by atoms with Crippen LogP contribution in [0.5, 0.6) is 5.75 Å². The number of benzene rings is 1. The van der Waals surface area contributed by atoms with Crippen LogP contribution >= 0.6 is 0 Å². The first-order valence-corrected chi connectivity index (χ1v) is 3.82. The molecule has 1 aromatic carbocycles. The molecule has 0 atom stereocenters. The number of hydrogen-bond donors (Lipinski definition) is 0. The molecule has 0 aromatic heterocycles. The van der Waals surface area contributed by atoms with Gasteiger partial charge in [0.2, 0.25) is 0 Å². The molecule has 0 spiro atoms. The number of methoxy groups -OCH3 is 1. The molecule has 0 bridgehead atoms. The van der Waals surface area contributed by atoms with Crippen LogP contribution < -0.4 is 61.6 Å². The van der Waals surface area contributed by atoms with E-state index in [-0.39, 0.29) is 69.0 Å². The second-order valence-corrected chi connectivity index (χ2v) is 2.69. The summed E-state index contributed by atoms with van der Waals surface area (Å²) in [6.07, 6.45) is 0.185. The average Bonchev–Trinajstić information content (AvgIpc) is 2.15. The Kier molecular flexibility index (Phi) is 6.12. The Morgan fingerprint density at radius 2 is 1.93 bits per heavy atom. The fraction of sp³-hybridized carbons (Fsp3) is 0.125. The van der Waals surface area contributed by atoms with Crippen LogP contribution in [0.25, 0.3) is 0 Å². The second-order valence-electron chi connectivity index (χ2n) is 2.69. The number of ether oxygens (including phenoxy) is 1. The summed E-state index contributed by atoms with van der Waals surface area (Å²) >= 11 is 0. The maximum atomic E-state index is 12.4. The van der Waals surface area contributed by atoms with Crippen LogP contribution in [-0.4, -0.2) is 20.4 Å². The van der Waals surface area contributed by atoms with Gasteiger partial charge in [0, 0.05) is 0 Å². The summed E-state index contributed by atoms with van der Waals surface area (Å²) in [5.41, 5.74) is -1.28. The van der Waals surface area contributed by atoms with Gasteiger partial charge in [0.05, 0.1) is 7.11 Å². The predicted octanol–water partition coefficient (Wildman–Crippen LogP) is -1.43. The van der Waals surface area contributed by atoms with Crippen molar-refractivity contribution in [2.24, 2.45) is 0 Å². The Bertz CT molecular complexity index is 354. The molecule has 0 saturated heterocycles. The second kappa shape index (κ2) is 6.05. The number of rotatable bonds is 3. The SMILES string of the molecule is COc1ccc(C=O)c([B-](F)(F)F)c1.[K+]. The molecule has 1 rings (SSSR count). The van der Waals surface area contributed by atoms with Gasteiger partial charge in [-0.25, -0.2) is 0 Å². The van der Waals surface area contributed by atoms with Gasteiger partial charge in [-0.05, 0) is 17.7 Å². The van der Waals surface area contributed by atoms with Gasteiger partial charge in [0.15, 0.2) is 0 Å². The Hall–Kier alpha value is 0.181. The monoisotopic (exact) mass is 242 g/mol. The van der Waals surface area contributed by atoms with Crippen LogP contribution in [0.2, 0.25) is 0 Å². The molecule has 0 aliphatic rings. The van der Waals surface area contributed by atoms with Gasteiger partial charge in [0.1, 0.15) is 12.0 Å². The van der Waals surface area contributed by atoms with Crippen molar-refractivity contribution in [3.05, 3.63) is 23.8 Å². The molecule has 7 heteroatoms. The largest absolute Gasteiger partial charge is 1.00 e. The van der Waals surface area contributed by atoms with Gasteiger partial charge < -0.3 is 17.7 Å². The minimum atomic E-state index is -5.18. The summed E-state index contributed by atoms with van der Waals surface area (Å²) in [5.74, 6) is 0.0878. The quantitative estimate of drug-likeness (QED) is 0.479. The fourth-order valence-electron chi connectivity index (χ4n) is 1.07. The van der Waals surface area contributed by atoms with Gasteiger partial charge >= 0.3 is 58.4 Å². The van der Waals surface area contributed by atoms with E-state index in [2.05, 4.69) is 4.74 Å². The van der Waals surface area contributed by atoms with Gasteiger partial charge in [-0.2, -0.15) is 0 Å². The third-order valence-electron chi connectivity index (χ3n) is 1.77. The van der Waals surface area contributed by atoms with Gasteiger partial charge in [-0.15, -0.1) is 0 Å². The summed E-state index contributed by atoms with van der Waals surface area (Å²) in [7, 11) is 1.27. The molecule has 76 valence electrons. The zero-order valence-electron chi connectivity index (χ0n) is 8.34. The first-order chi connectivity index (χ1) is 6.49. The number of carbonyl (C=O) groups excluding carboxylic acids is 1. The zero-order valence-corrected chi connectivity index (χ0v) is 11.5. The normalized spacial score (nSPS) is 10.4. The Balaban J connectivity index is 0.00000196. The van der Waals surface area contributed by atoms with E-state index >= 15 is 0 Å². The van der Waals surface area contributed by atoms with Gasteiger partial charge in [0.25, 0.3) is 0 Å². The molecule has 0 N–H and O–H groups in total. The maximum absolute atomic E-state index is 12.4. The fourth-order valence-corrected chi connectivity index (χ4v) is 1.07. The summed E-state index contributed by atoms with van der Waals surface area (Å²) in [6.45, 7) is -5.18. The molecular formula is C8H7BF3KO2. The first-order valence-electron chi connectivity index (χ1n) is 3.82. The molecule has 0 fully saturated rings. The Labute approximate surface area is 128 Å². The van der Waals surface area contributed by atoms with Crippen molar-refractivity contribution >= 4 is 18.7 Å². The Morgan fingerprint density at radius 1 is 1.33 bits per heavy atom. The van der Waals surface area contributed by atoms with E-state index in [1.54, 1.807) is 0 Å². The van der Waals surface area contributed by atoms with Crippen molar-refractivity contribution in [3.8, 4) is 5.75 Å². The van der Waals surface area contributed by atoms with Crippen LogP contribution in [0.4, 0.5) is 12.9 Å². The van der Waals surface area contributed by atoms with Crippen LogP contribution in [0.3, 0.4) is 0 Å². The summed E-state index contributed by atoms with van der Waals surface area (Å²) in [6, 6.07) is 3.23. The Morgan fingerprint density at radius 3 is 2.33 bits per heavy atom. The molecule has 2 nitrogen and oxygen atoms in total. The van der Waals surface area contributed by atoms with E-state index in [0.717, 1.165) is 12.1 Å². The van der Waals surface area contributed by atoms with E-state index in [9.17, 15) is 17.7 Å². The predicted molar refractivity (Wildman–Crippen MR) is 47.1 cm³/mol. The molecular weight excluding hydrogens is 235 g/mol. The third kappa shape index (κ3) is 3.92. The van der Waals surface area contributed by atoms with E-state index < -0.39 is 12.4 Å². The molecule has 1 aromatic rings. The van der Waals surface area contributed by atoms with Crippen molar-refractivity contribution in [2.45, 2.75) is 0 Å². The number of hydrogen-bond acceptors (Lipinski definition) is 2. The zero-order chi connectivity index (χ0) is 10.8. The standard InChI is InChI=1S/C8H7BF3O2.K/c1-14-7-3-2-6(5-13)8(4-7)9(10,11)12;/h2-5H,1H3;/q-1;+1. The molecule has 0 saturated carbocycles. The molecule has 0 heterocycles. The summed E-state index contributed by atoms with van der Waals surface area (Å²) in [5, 5.41) is 0. The molecule has 0 unspecified atom stereocenters. The van der Waals surface area contributed by atoms with Crippen LogP contribution in [0, 0.1) is 0 Å². The van der Waals surface area contributed by atoms with Crippen molar-refractivity contribution in [2.75, 3.05) is 7.11 Å². The van der Waals surface area contributed by atoms with E-state index in [1.165, 1.54) is 13.2 Å². The van der Waals surface area contributed by atoms with Gasteiger partial charge in [-0.3, -0.25) is 4.79 Å². The van der Waals surface area contributed by atoms with Crippen molar-refractivity contribution in [1.29, 1.82) is 0 Å². The topological polar surface area (TPSA) is 26.3 Å². The maximum Gasteiger partial charge on any atom is 1.00 e. The molecule has 0 radical (unpaired) electrons. The minimum Gasteiger partial charge on any atom is -0.497 e. The number of aldehydes is 1. The number of halogens is 3. The van der Waals surface area contributed by atoms with Crippen LogP contribution in [0.1, 0.15) is 10.4 Å². The van der Waals surface area contributed by atoms with E-state index in [0.29, 0.717) is 0 Å². The molecule has 0 amide bonds. The van der Waals surface area contributed by atoms with Crippen molar-refractivity contribution in [3.63, 3.8) is 0 Å². The number of carbonyl (C=O) groups is 1. The van der Waals surface area contributed by atoms with Gasteiger partial charge in [-0.1, -0.05) is 11.5 Å². The minimum absolute atomic E-state index is 0. The molecule has 0 aliphatic carbocycles. The third-order valence-corrected chi connectivity index (χ3v) is 1.77. The average molecular weight is 242 g/mol. The van der Waals surface area contributed by atoms with Crippen molar-refractivity contribution in [1.82, 2.24) is 0 Å². The van der Waals surface area contributed by atoms with E-state index in [4.69, 9.17) is 0 Å². The van der Waals surface area contributed by atoms with Crippen LogP contribution in [-0.2, 0) is 0 Å². The molecule has 0 aliphatic heterocycles. The van der Waals surface area contributed by atoms with E-state index in [1.807, 2.05) is 0 Å².